The zero-order valence-corrected chi connectivity index (χ0v) is 17.6. The fourth-order valence-electron chi connectivity index (χ4n) is 3.69. The predicted molar refractivity (Wildman–Crippen MR) is 116 cm³/mol. The Morgan fingerprint density at radius 2 is 1.80 bits per heavy atom. The monoisotopic (exact) mass is 429 g/mol. The van der Waals surface area contributed by atoms with E-state index in [9.17, 15) is 9.59 Å². The lowest BCUT2D eigenvalue weighted by Gasteiger charge is -2.37. The van der Waals surface area contributed by atoms with Gasteiger partial charge < -0.3 is 24.6 Å². The van der Waals surface area contributed by atoms with Gasteiger partial charge in [-0.2, -0.15) is 0 Å². The highest BCUT2D eigenvalue weighted by Crippen LogP contribution is 2.34. The van der Waals surface area contributed by atoms with Crippen LogP contribution in [0.1, 0.15) is 30.1 Å². The smallest absolute Gasteiger partial charge is 0.255 e. The quantitative estimate of drug-likeness (QED) is 0.783. The van der Waals surface area contributed by atoms with Crippen molar-refractivity contribution in [2.75, 3.05) is 43.2 Å². The van der Waals surface area contributed by atoms with Crippen molar-refractivity contribution in [3.05, 3.63) is 47.0 Å². The molecule has 0 bridgehead atoms. The van der Waals surface area contributed by atoms with Crippen LogP contribution in [-0.2, 0) is 4.79 Å². The van der Waals surface area contributed by atoms with Gasteiger partial charge in [-0.3, -0.25) is 9.59 Å². The molecular weight excluding hydrogens is 406 g/mol. The second-order valence-corrected chi connectivity index (χ2v) is 7.74. The molecule has 1 N–H and O–H groups in total. The first-order chi connectivity index (χ1) is 14.5. The lowest BCUT2D eigenvalue weighted by molar-refractivity contribution is -0.131. The molecule has 2 heterocycles. The summed E-state index contributed by atoms with van der Waals surface area (Å²) in [6, 6.07) is 10.5. The van der Waals surface area contributed by atoms with Crippen LogP contribution in [0, 0.1) is 0 Å². The van der Waals surface area contributed by atoms with Crippen LogP contribution < -0.4 is 19.7 Å². The fourth-order valence-corrected chi connectivity index (χ4v) is 3.86. The van der Waals surface area contributed by atoms with Crippen LogP contribution in [0.2, 0.25) is 5.02 Å². The van der Waals surface area contributed by atoms with Crippen LogP contribution in [0.3, 0.4) is 0 Å². The molecule has 0 aromatic heterocycles. The van der Waals surface area contributed by atoms with E-state index >= 15 is 0 Å². The van der Waals surface area contributed by atoms with Crippen molar-refractivity contribution in [3.8, 4) is 11.5 Å². The van der Waals surface area contributed by atoms with Crippen molar-refractivity contribution in [2.45, 2.75) is 19.8 Å². The largest absolute Gasteiger partial charge is 0.454 e. The minimum atomic E-state index is -0.256. The first-order valence-electron chi connectivity index (χ1n) is 10.1. The Morgan fingerprint density at radius 3 is 2.57 bits per heavy atom. The van der Waals surface area contributed by atoms with Crippen LogP contribution in [-0.4, -0.2) is 49.7 Å². The number of hydrogen-bond donors (Lipinski definition) is 1. The zero-order valence-electron chi connectivity index (χ0n) is 16.8. The average Bonchev–Trinajstić information content (AvgIpc) is 3.22. The minimum absolute atomic E-state index is 0.158. The summed E-state index contributed by atoms with van der Waals surface area (Å²) in [7, 11) is 0. The molecule has 30 heavy (non-hydrogen) atoms. The van der Waals surface area contributed by atoms with E-state index in [0.29, 0.717) is 60.4 Å². The van der Waals surface area contributed by atoms with Crippen molar-refractivity contribution >= 4 is 34.8 Å². The Bertz CT molecular complexity index is 957. The summed E-state index contributed by atoms with van der Waals surface area (Å²) in [5, 5.41) is 3.51. The molecule has 0 atom stereocenters. The van der Waals surface area contributed by atoms with E-state index in [4.69, 9.17) is 21.1 Å². The standard InChI is InChI=1S/C22H24ClN3O4/c1-2-3-21(27)26-10-8-25(9-11-26)18-6-5-16(23)13-17(18)24-22(28)15-4-7-19-20(12-15)30-14-29-19/h4-7,12-13H,2-3,8-11,14H2,1H3,(H,24,28). The van der Waals surface area contributed by atoms with Crippen molar-refractivity contribution in [1.29, 1.82) is 0 Å². The Morgan fingerprint density at radius 1 is 1.03 bits per heavy atom. The van der Waals surface area contributed by atoms with E-state index in [-0.39, 0.29) is 18.6 Å². The molecule has 158 valence electrons. The van der Waals surface area contributed by atoms with Gasteiger partial charge in [0.15, 0.2) is 11.5 Å². The number of nitrogens with zero attached hydrogens (tertiary/aromatic N) is 2. The molecule has 0 saturated carbocycles. The Kier molecular flexibility index (Phi) is 5.99. The van der Waals surface area contributed by atoms with E-state index in [1.807, 2.05) is 24.0 Å². The maximum atomic E-state index is 12.9. The molecule has 2 amide bonds. The molecule has 1 saturated heterocycles. The molecule has 2 aromatic carbocycles. The molecular formula is C22H24ClN3O4. The van der Waals surface area contributed by atoms with Crippen LogP contribution >= 0.6 is 11.6 Å². The lowest BCUT2D eigenvalue weighted by atomic mass is 10.1. The fraction of sp³-hybridized carbons (Fsp3) is 0.364. The number of nitrogens with one attached hydrogen (secondary N) is 1. The molecule has 0 aliphatic carbocycles. The van der Waals surface area contributed by atoms with Gasteiger partial charge in [-0.1, -0.05) is 18.5 Å². The number of amides is 2. The highest BCUT2D eigenvalue weighted by molar-refractivity contribution is 6.31. The number of carbonyl (C=O) groups excluding carboxylic acids is 2. The van der Waals surface area contributed by atoms with Crippen LogP contribution in [0.15, 0.2) is 36.4 Å². The van der Waals surface area contributed by atoms with Gasteiger partial charge in [0.25, 0.3) is 5.91 Å². The number of carbonyl (C=O) groups is 2. The Labute approximate surface area is 180 Å². The number of benzene rings is 2. The summed E-state index contributed by atoms with van der Waals surface area (Å²) >= 11 is 6.20. The number of fused-ring (bicyclic) bond motifs is 1. The number of piperazine rings is 1. The third kappa shape index (κ3) is 4.31. The molecule has 2 aromatic rings. The first-order valence-corrected chi connectivity index (χ1v) is 10.5. The predicted octanol–water partition coefficient (Wildman–Crippen LogP) is 3.77. The van der Waals surface area contributed by atoms with E-state index < -0.39 is 0 Å². The first kappa shape index (κ1) is 20.3. The van der Waals surface area contributed by atoms with Crippen LogP contribution in [0.4, 0.5) is 11.4 Å². The van der Waals surface area contributed by atoms with Gasteiger partial charge in [-0.25, -0.2) is 0 Å². The maximum Gasteiger partial charge on any atom is 0.255 e. The number of hydrogen-bond acceptors (Lipinski definition) is 5. The zero-order chi connectivity index (χ0) is 21.1. The molecule has 2 aliphatic heterocycles. The SMILES string of the molecule is CCCC(=O)N1CCN(c2ccc(Cl)cc2NC(=O)c2ccc3c(c2)OCO3)CC1. The summed E-state index contributed by atoms with van der Waals surface area (Å²) in [6.07, 6.45) is 1.43. The third-order valence-electron chi connectivity index (χ3n) is 5.28. The van der Waals surface area contributed by atoms with Crippen LogP contribution in [0.25, 0.3) is 0 Å². The van der Waals surface area contributed by atoms with Gasteiger partial charge in [-0.15, -0.1) is 0 Å². The Balaban J connectivity index is 1.49. The molecule has 0 spiro atoms. The molecule has 2 aliphatic rings. The number of halogens is 1. The van der Waals surface area contributed by atoms with E-state index in [1.165, 1.54) is 0 Å². The molecule has 8 heteroatoms. The Hall–Kier alpha value is -2.93. The molecule has 7 nitrogen and oxygen atoms in total. The second kappa shape index (κ2) is 8.83. The van der Waals surface area contributed by atoms with Crippen molar-refractivity contribution in [1.82, 2.24) is 4.90 Å². The number of ether oxygens (including phenoxy) is 2. The summed E-state index contributed by atoms with van der Waals surface area (Å²) in [5.41, 5.74) is 2.00. The van der Waals surface area contributed by atoms with Gasteiger partial charge in [0, 0.05) is 43.2 Å². The van der Waals surface area contributed by atoms with E-state index in [0.717, 1.165) is 12.1 Å². The molecule has 4 rings (SSSR count). The molecule has 0 radical (unpaired) electrons. The van der Waals surface area contributed by atoms with Crippen molar-refractivity contribution in [3.63, 3.8) is 0 Å². The van der Waals surface area contributed by atoms with E-state index in [1.54, 1.807) is 24.3 Å². The van der Waals surface area contributed by atoms with Gasteiger partial charge in [-0.05, 0) is 42.8 Å². The van der Waals surface area contributed by atoms with E-state index in [2.05, 4.69) is 10.2 Å². The van der Waals surface area contributed by atoms with Gasteiger partial charge in [0.2, 0.25) is 12.7 Å². The van der Waals surface area contributed by atoms with Gasteiger partial charge >= 0.3 is 0 Å². The number of rotatable bonds is 5. The highest BCUT2D eigenvalue weighted by atomic mass is 35.5. The topological polar surface area (TPSA) is 71.1 Å². The summed E-state index contributed by atoms with van der Waals surface area (Å²) in [6.45, 7) is 4.89. The van der Waals surface area contributed by atoms with Gasteiger partial charge in [0.1, 0.15) is 0 Å². The summed E-state index contributed by atoms with van der Waals surface area (Å²) < 4.78 is 10.7. The highest BCUT2D eigenvalue weighted by Gasteiger charge is 2.23. The molecule has 1 fully saturated rings. The second-order valence-electron chi connectivity index (χ2n) is 7.30. The summed E-state index contributed by atoms with van der Waals surface area (Å²) in [4.78, 5) is 29.1. The van der Waals surface area contributed by atoms with Crippen molar-refractivity contribution < 1.29 is 19.1 Å². The average molecular weight is 430 g/mol. The minimum Gasteiger partial charge on any atom is -0.454 e. The molecule has 0 unspecified atom stereocenters. The van der Waals surface area contributed by atoms with Gasteiger partial charge in [0.05, 0.1) is 11.4 Å². The summed E-state index contributed by atoms with van der Waals surface area (Å²) in [5.74, 6) is 1.13. The normalized spacial score (nSPS) is 15.3. The van der Waals surface area contributed by atoms with Crippen molar-refractivity contribution in [2.24, 2.45) is 0 Å². The number of anilines is 2. The third-order valence-corrected chi connectivity index (χ3v) is 5.51. The van der Waals surface area contributed by atoms with Crippen LogP contribution in [0.5, 0.6) is 11.5 Å². The lowest BCUT2D eigenvalue weighted by Crippen LogP contribution is -2.48. The maximum absolute atomic E-state index is 12.9.